The minimum absolute atomic E-state index is 0.0862. The highest BCUT2D eigenvalue weighted by Gasteiger charge is 2.47. The highest BCUT2D eigenvalue weighted by Crippen LogP contribution is 2.45. The predicted octanol–water partition coefficient (Wildman–Crippen LogP) is 8.27. The van der Waals surface area contributed by atoms with E-state index in [0.29, 0.717) is 0 Å². The fraction of sp³-hybridized carbons (Fsp3) is 0.483. The van der Waals surface area contributed by atoms with Gasteiger partial charge in [0, 0.05) is 16.7 Å². The van der Waals surface area contributed by atoms with E-state index in [-0.39, 0.29) is 29.5 Å². The molecule has 2 fully saturated rings. The van der Waals surface area contributed by atoms with Gasteiger partial charge in [0.1, 0.15) is 0 Å². The highest BCUT2D eigenvalue weighted by atomic mass is 35.5. The Hall–Kier alpha value is -1.81. The third-order valence-electron chi connectivity index (χ3n) is 7.06. The summed E-state index contributed by atoms with van der Waals surface area (Å²) in [5.74, 6) is 0.245. The number of hydrogen-bond acceptors (Lipinski definition) is 2. The van der Waals surface area contributed by atoms with Gasteiger partial charge in [-0.1, -0.05) is 73.5 Å². The van der Waals surface area contributed by atoms with Crippen LogP contribution in [-0.4, -0.2) is 29.6 Å². The zero-order valence-corrected chi connectivity index (χ0v) is 21.9. The third kappa shape index (κ3) is 6.65. The van der Waals surface area contributed by atoms with Crippen LogP contribution in [0.5, 0.6) is 0 Å². The van der Waals surface area contributed by atoms with Crippen LogP contribution >= 0.6 is 23.2 Å². The molecule has 1 amide bonds. The van der Waals surface area contributed by atoms with Gasteiger partial charge in [0.05, 0.1) is 23.6 Å². The lowest BCUT2D eigenvalue weighted by molar-refractivity contribution is -0.159. The van der Waals surface area contributed by atoms with Gasteiger partial charge in [-0.2, -0.15) is 0 Å². The van der Waals surface area contributed by atoms with E-state index in [1.807, 2.05) is 48.5 Å². The summed E-state index contributed by atoms with van der Waals surface area (Å²) in [7, 11) is 0. The van der Waals surface area contributed by atoms with Crippen LogP contribution in [0.15, 0.2) is 67.3 Å². The maximum absolute atomic E-state index is 13.7. The van der Waals surface area contributed by atoms with E-state index in [2.05, 4.69) is 37.5 Å². The topological polar surface area (TPSA) is 29.5 Å². The molecule has 3 nitrogen and oxygen atoms in total. The summed E-state index contributed by atoms with van der Waals surface area (Å²) in [6.45, 7) is 8.96. The van der Waals surface area contributed by atoms with Gasteiger partial charge < -0.3 is 9.64 Å². The Balaban J connectivity index is 0.000000396. The molecule has 2 heterocycles. The van der Waals surface area contributed by atoms with Crippen LogP contribution in [-0.2, 0) is 9.53 Å². The van der Waals surface area contributed by atoms with Gasteiger partial charge in [-0.25, -0.2) is 0 Å². The smallest absolute Gasteiger partial charge is 0.229 e. The molecule has 184 valence electrons. The first-order valence-corrected chi connectivity index (χ1v) is 13.2. The van der Waals surface area contributed by atoms with Gasteiger partial charge in [-0.3, -0.25) is 4.79 Å². The van der Waals surface area contributed by atoms with Crippen molar-refractivity contribution in [2.75, 3.05) is 6.61 Å². The Bertz CT molecular complexity index is 911. The molecule has 2 aromatic carbocycles. The van der Waals surface area contributed by atoms with Crippen LogP contribution in [0.3, 0.4) is 0 Å². The molecule has 0 spiro atoms. The summed E-state index contributed by atoms with van der Waals surface area (Å²) in [6.07, 6.45) is 8.82. The second-order valence-corrected chi connectivity index (χ2v) is 10.4. The summed E-state index contributed by atoms with van der Waals surface area (Å²) in [4.78, 5) is 15.9. The van der Waals surface area contributed by atoms with Gasteiger partial charge in [0.2, 0.25) is 5.91 Å². The molecule has 1 unspecified atom stereocenters. The van der Waals surface area contributed by atoms with Crippen molar-refractivity contribution in [1.29, 1.82) is 0 Å². The van der Waals surface area contributed by atoms with Crippen molar-refractivity contribution >= 4 is 29.1 Å². The first-order valence-electron chi connectivity index (χ1n) is 12.4. The summed E-state index contributed by atoms with van der Waals surface area (Å²) in [6, 6.07) is 17.6. The van der Waals surface area contributed by atoms with E-state index in [4.69, 9.17) is 27.9 Å². The number of carbonyl (C=O) groups excluding carboxylic acids is 1. The summed E-state index contributed by atoms with van der Waals surface area (Å²) in [5.41, 5.74) is 0.801. The van der Waals surface area contributed by atoms with E-state index in [1.54, 1.807) is 0 Å². The normalized spacial score (nSPS) is 25.8. The van der Waals surface area contributed by atoms with Crippen LogP contribution < -0.4 is 0 Å². The third-order valence-corrected chi connectivity index (χ3v) is 7.56. The van der Waals surface area contributed by atoms with E-state index in [0.717, 1.165) is 55.2 Å². The zero-order chi connectivity index (χ0) is 24.6. The molecule has 2 aliphatic heterocycles. The van der Waals surface area contributed by atoms with Crippen LogP contribution in [0.1, 0.15) is 70.4 Å². The molecule has 4 atom stereocenters. The molecule has 0 N–H and O–H groups in total. The molecule has 0 aromatic heterocycles. The number of allylic oxidation sites excluding steroid dienone is 1. The van der Waals surface area contributed by atoms with E-state index >= 15 is 0 Å². The quantitative estimate of drug-likeness (QED) is 0.372. The highest BCUT2D eigenvalue weighted by molar-refractivity contribution is 6.30. The number of carbonyl (C=O) groups is 1. The van der Waals surface area contributed by atoms with Crippen molar-refractivity contribution in [3.05, 3.63) is 82.9 Å². The predicted molar refractivity (Wildman–Crippen MR) is 142 cm³/mol. The molecule has 0 saturated carbocycles. The second-order valence-electron chi connectivity index (χ2n) is 9.55. The summed E-state index contributed by atoms with van der Waals surface area (Å²) < 4.78 is 6.13. The van der Waals surface area contributed by atoms with E-state index in [9.17, 15) is 4.79 Å². The average Bonchev–Trinajstić information content (AvgIpc) is 2.85. The number of amides is 1. The van der Waals surface area contributed by atoms with Gasteiger partial charge >= 0.3 is 0 Å². The van der Waals surface area contributed by atoms with Crippen LogP contribution in [0.2, 0.25) is 10.0 Å². The van der Waals surface area contributed by atoms with Gasteiger partial charge in [-0.15, -0.1) is 6.58 Å². The lowest BCUT2D eigenvalue weighted by atomic mass is 9.73. The number of nitrogens with zero attached hydrogens (tertiary/aromatic N) is 1. The molecule has 34 heavy (non-hydrogen) atoms. The molecule has 2 saturated heterocycles. The maximum Gasteiger partial charge on any atom is 0.229 e. The van der Waals surface area contributed by atoms with Crippen LogP contribution in [0.4, 0.5) is 0 Å². The van der Waals surface area contributed by atoms with E-state index in [1.165, 1.54) is 12.0 Å². The Labute approximate surface area is 215 Å². The lowest BCUT2D eigenvalue weighted by Crippen LogP contribution is -2.56. The fourth-order valence-corrected chi connectivity index (χ4v) is 5.45. The number of halogens is 2. The molecular weight excluding hydrogens is 465 g/mol. The van der Waals surface area contributed by atoms with Gasteiger partial charge in [-0.05, 0) is 74.8 Å². The van der Waals surface area contributed by atoms with Gasteiger partial charge in [0.15, 0.2) is 0 Å². The van der Waals surface area contributed by atoms with Crippen molar-refractivity contribution in [2.24, 2.45) is 5.41 Å². The molecular formula is C29H37Cl2NO2. The molecule has 5 heteroatoms. The molecule has 0 bridgehead atoms. The maximum atomic E-state index is 13.7. The number of hydrogen-bond donors (Lipinski definition) is 0. The SMILES string of the molecule is C=CC[C@@]1(C)CC[C@@H](c2ccc(Cl)cc2)N([C@@H](CC)C2CCCCO2)C1=O.Clc1ccccc1. The molecule has 2 aliphatic rings. The monoisotopic (exact) mass is 501 g/mol. The number of ether oxygens (including phenoxy) is 1. The standard InChI is InChI=1S/C23H32ClNO2.C6H5Cl/c1-4-14-23(3)15-13-20(17-9-11-18(24)12-10-17)25(22(23)26)19(5-2)21-8-6-7-16-27-21;7-6-4-2-1-3-5-6/h4,9-12,19-21H,1,5-8,13-16H2,2-3H3;1-5H/t19-,20-,21?,23-;/m0./s1. The van der Waals surface area contributed by atoms with Crippen LogP contribution in [0, 0.1) is 5.41 Å². The second kappa shape index (κ2) is 12.8. The number of rotatable bonds is 6. The lowest BCUT2D eigenvalue weighted by Gasteiger charge is -2.50. The van der Waals surface area contributed by atoms with Crippen molar-refractivity contribution in [1.82, 2.24) is 4.90 Å². The molecule has 0 radical (unpaired) electrons. The first kappa shape index (κ1) is 26.8. The Morgan fingerprint density at radius 1 is 1.09 bits per heavy atom. The molecule has 4 rings (SSSR count). The number of benzene rings is 2. The first-order chi connectivity index (χ1) is 16.4. The summed E-state index contributed by atoms with van der Waals surface area (Å²) >= 11 is 11.6. The zero-order valence-electron chi connectivity index (χ0n) is 20.4. The van der Waals surface area contributed by atoms with Gasteiger partial charge in [0.25, 0.3) is 0 Å². The van der Waals surface area contributed by atoms with Crippen LogP contribution in [0.25, 0.3) is 0 Å². The van der Waals surface area contributed by atoms with Crippen molar-refractivity contribution in [3.8, 4) is 0 Å². The largest absolute Gasteiger partial charge is 0.376 e. The number of likely N-dealkylation sites (tertiary alicyclic amines) is 1. The number of piperidine rings is 1. The Morgan fingerprint density at radius 2 is 1.76 bits per heavy atom. The van der Waals surface area contributed by atoms with Crippen molar-refractivity contribution < 1.29 is 9.53 Å². The van der Waals surface area contributed by atoms with Crippen molar-refractivity contribution in [3.63, 3.8) is 0 Å². The Kier molecular flexibility index (Phi) is 10.1. The molecule has 0 aliphatic carbocycles. The minimum Gasteiger partial charge on any atom is -0.376 e. The minimum atomic E-state index is -0.368. The summed E-state index contributed by atoms with van der Waals surface area (Å²) in [5, 5.41) is 1.52. The Morgan fingerprint density at radius 3 is 2.29 bits per heavy atom. The van der Waals surface area contributed by atoms with Crippen molar-refractivity contribution in [2.45, 2.75) is 77.0 Å². The fourth-order valence-electron chi connectivity index (χ4n) is 5.18. The van der Waals surface area contributed by atoms with E-state index < -0.39 is 0 Å². The molecule has 2 aromatic rings. The average molecular weight is 503 g/mol.